The summed E-state index contributed by atoms with van der Waals surface area (Å²) in [6.07, 6.45) is 1.00. The highest BCUT2D eigenvalue weighted by atomic mass is 32.2. The number of nitrogens with two attached hydrogens (primary N) is 1. The SMILES string of the molecule is COC(=O)C1CCN(S(=O)(=O)N(C)CCN)CC1. The molecule has 1 aliphatic heterocycles. The van der Waals surface area contributed by atoms with E-state index in [1.54, 1.807) is 0 Å². The Morgan fingerprint density at radius 2 is 2.00 bits per heavy atom. The van der Waals surface area contributed by atoms with Crippen molar-refractivity contribution < 1.29 is 17.9 Å². The van der Waals surface area contributed by atoms with Gasteiger partial charge in [0, 0.05) is 33.2 Å². The Bertz CT molecular complexity index is 377. The number of nitrogens with zero attached hydrogens (tertiary/aromatic N) is 2. The van der Waals surface area contributed by atoms with Gasteiger partial charge >= 0.3 is 5.97 Å². The van der Waals surface area contributed by atoms with Gasteiger partial charge in [0.1, 0.15) is 0 Å². The normalized spacial score (nSPS) is 19.1. The molecule has 106 valence electrons. The zero-order valence-corrected chi connectivity index (χ0v) is 11.6. The first-order chi connectivity index (χ1) is 8.43. The summed E-state index contributed by atoms with van der Waals surface area (Å²) in [7, 11) is -0.589. The summed E-state index contributed by atoms with van der Waals surface area (Å²) in [5.41, 5.74) is 5.35. The number of piperidine rings is 1. The van der Waals surface area contributed by atoms with E-state index >= 15 is 0 Å². The molecule has 7 nitrogen and oxygen atoms in total. The Hall–Kier alpha value is -0.700. The Morgan fingerprint density at radius 1 is 1.44 bits per heavy atom. The molecule has 0 amide bonds. The third kappa shape index (κ3) is 3.41. The Kier molecular flexibility index (Phi) is 5.51. The summed E-state index contributed by atoms with van der Waals surface area (Å²) in [5, 5.41) is 0. The first-order valence-electron chi connectivity index (χ1n) is 5.92. The van der Waals surface area contributed by atoms with Crippen LogP contribution in [0.3, 0.4) is 0 Å². The van der Waals surface area contributed by atoms with Gasteiger partial charge in [-0.3, -0.25) is 4.79 Å². The fourth-order valence-electron chi connectivity index (χ4n) is 1.98. The van der Waals surface area contributed by atoms with Crippen molar-refractivity contribution >= 4 is 16.2 Å². The van der Waals surface area contributed by atoms with Crippen LogP contribution >= 0.6 is 0 Å². The minimum Gasteiger partial charge on any atom is -0.469 e. The second kappa shape index (κ2) is 6.46. The number of rotatable bonds is 5. The van der Waals surface area contributed by atoms with Gasteiger partial charge in [0.05, 0.1) is 13.0 Å². The molecule has 18 heavy (non-hydrogen) atoms. The molecular weight excluding hydrogens is 258 g/mol. The molecule has 1 fully saturated rings. The fraction of sp³-hybridized carbons (Fsp3) is 0.900. The van der Waals surface area contributed by atoms with E-state index in [2.05, 4.69) is 4.74 Å². The number of carbonyl (C=O) groups excluding carboxylic acids is 1. The molecule has 0 aliphatic carbocycles. The van der Waals surface area contributed by atoms with Crippen molar-refractivity contribution in [2.75, 3.05) is 40.3 Å². The maximum Gasteiger partial charge on any atom is 0.308 e. The average molecular weight is 279 g/mol. The lowest BCUT2D eigenvalue weighted by Gasteiger charge is -2.32. The van der Waals surface area contributed by atoms with Crippen molar-refractivity contribution in [2.45, 2.75) is 12.8 Å². The van der Waals surface area contributed by atoms with Crippen LogP contribution in [-0.4, -0.2) is 63.3 Å². The summed E-state index contributed by atoms with van der Waals surface area (Å²) in [4.78, 5) is 11.3. The quantitative estimate of drug-likeness (QED) is 0.652. The number of likely N-dealkylation sites (N-methyl/N-ethyl adjacent to an activating group) is 1. The second-order valence-corrected chi connectivity index (χ2v) is 6.35. The van der Waals surface area contributed by atoms with E-state index in [-0.39, 0.29) is 18.4 Å². The van der Waals surface area contributed by atoms with Crippen molar-refractivity contribution in [3.63, 3.8) is 0 Å². The van der Waals surface area contributed by atoms with E-state index in [9.17, 15) is 13.2 Å². The molecule has 0 spiro atoms. The third-order valence-electron chi connectivity index (χ3n) is 3.15. The zero-order valence-electron chi connectivity index (χ0n) is 10.8. The van der Waals surface area contributed by atoms with Crippen LogP contribution in [-0.2, 0) is 19.7 Å². The molecule has 0 atom stereocenters. The molecule has 1 heterocycles. The Balaban J connectivity index is 2.59. The highest BCUT2D eigenvalue weighted by Crippen LogP contribution is 2.21. The third-order valence-corrected chi connectivity index (χ3v) is 5.14. The molecule has 1 saturated heterocycles. The van der Waals surface area contributed by atoms with E-state index in [1.807, 2.05) is 0 Å². The van der Waals surface area contributed by atoms with Crippen molar-refractivity contribution in [3.05, 3.63) is 0 Å². The molecule has 0 saturated carbocycles. The first-order valence-corrected chi connectivity index (χ1v) is 7.32. The molecule has 8 heteroatoms. The maximum atomic E-state index is 12.1. The maximum absolute atomic E-state index is 12.1. The van der Waals surface area contributed by atoms with Crippen LogP contribution in [0.4, 0.5) is 0 Å². The summed E-state index contributed by atoms with van der Waals surface area (Å²) in [5.74, 6) is -0.455. The minimum absolute atomic E-state index is 0.193. The highest BCUT2D eigenvalue weighted by molar-refractivity contribution is 7.86. The number of ether oxygens (including phenoxy) is 1. The standard InChI is InChI=1S/C10H21N3O4S/c1-12(8-5-11)18(15,16)13-6-3-9(4-7-13)10(14)17-2/h9H,3-8,11H2,1-2H3. The molecule has 2 N–H and O–H groups in total. The Morgan fingerprint density at radius 3 is 2.44 bits per heavy atom. The molecule has 1 rings (SSSR count). The monoisotopic (exact) mass is 279 g/mol. The zero-order chi connectivity index (χ0) is 13.8. The predicted octanol–water partition coefficient (Wildman–Crippen LogP) is -0.993. The van der Waals surface area contributed by atoms with Gasteiger partial charge in [-0.25, -0.2) is 0 Å². The molecule has 1 aliphatic rings. The second-order valence-electron chi connectivity index (χ2n) is 4.31. The molecule has 0 aromatic carbocycles. The van der Waals surface area contributed by atoms with Crippen molar-refractivity contribution in [1.82, 2.24) is 8.61 Å². The van der Waals surface area contributed by atoms with Crippen LogP contribution in [0.5, 0.6) is 0 Å². The molecular formula is C10H21N3O4S. The molecule has 0 unspecified atom stereocenters. The van der Waals surface area contributed by atoms with E-state index < -0.39 is 10.2 Å². The number of esters is 1. The van der Waals surface area contributed by atoms with Gasteiger partial charge in [-0.15, -0.1) is 0 Å². The lowest BCUT2D eigenvalue weighted by Crippen LogP contribution is -2.47. The Labute approximate surface area is 108 Å². The first kappa shape index (κ1) is 15.4. The summed E-state index contributed by atoms with van der Waals surface area (Å²) in [6.45, 7) is 1.27. The summed E-state index contributed by atoms with van der Waals surface area (Å²) in [6, 6.07) is 0. The van der Waals surface area contributed by atoms with E-state index in [4.69, 9.17) is 5.73 Å². The highest BCUT2D eigenvalue weighted by Gasteiger charge is 2.33. The van der Waals surface area contributed by atoms with Gasteiger partial charge < -0.3 is 10.5 Å². The largest absolute Gasteiger partial charge is 0.469 e. The molecule has 0 radical (unpaired) electrons. The van der Waals surface area contributed by atoms with E-state index in [0.29, 0.717) is 32.5 Å². The molecule has 0 bridgehead atoms. The van der Waals surface area contributed by atoms with Crippen molar-refractivity contribution in [2.24, 2.45) is 11.7 Å². The predicted molar refractivity (Wildman–Crippen MR) is 66.9 cm³/mol. The number of hydrogen-bond acceptors (Lipinski definition) is 5. The van der Waals surface area contributed by atoms with Crippen LogP contribution in [0.1, 0.15) is 12.8 Å². The van der Waals surface area contributed by atoms with Gasteiger partial charge in [0.2, 0.25) is 0 Å². The van der Waals surface area contributed by atoms with Crippen LogP contribution in [0.15, 0.2) is 0 Å². The lowest BCUT2D eigenvalue weighted by atomic mass is 9.99. The van der Waals surface area contributed by atoms with Gasteiger partial charge in [0.25, 0.3) is 10.2 Å². The number of hydrogen-bond donors (Lipinski definition) is 1. The smallest absolute Gasteiger partial charge is 0.308 e. The van der Waals surface area contributed by atoms with Crippen LogP contribution in [0.25, 0.3) is 0 Å². The topological polar surface area (TPSA) is 92.9 Å². The average Bonchev–Trinajstić information content (AvgIpc) is 2.38. The van der Waals surface area contributed by atoms with Gasteiger partial charge in [-0.2, -0.15) is 17.0 Å². The number of carbonyl (C=O) groups is 1. The van der Waals surface area contributed by atoms with Crippen molar-refractivity contribution in [3.8, 4) is 0 Å². The summed E-state index contributed by atoms with van der Waals surface area (Å²) < 4.78 is 31.5. The molecule has 0 aromatic heterocycles. The summed E-state index contributed by atoms with van der Waals surface area (Å²) >= 11 is 0. The van der Waals surface area contributed by atoms with Crippen LogP contribution < -0.4 is 5.73 Å². The van der Waals surface area contributed by atoms with Gasteiger partial charge in [-0.05, 0) is 12.8 Å². The lowest BCUT2D eigenvalue weighted by molar-refractivity contribution is -0.146. The number of methoxy groups -OCH3 is 1. The fourth-order valence-corrected chi connectivity index (χ4v) is 3.39. The minimum atomic E-state index is -3.45. The van der Waals surface area contributed by atoms with Crippen LogP contribution in [0.2, 0.25) is 0 Å². The van der Waals surface area contributed by atoms with E-state index in [1.165, 1.54) is 22.8 Å². The molecule has 0 aromatic rings. The van der Waals surface area contributed by atoms with Gasteiger partial charge in [0.15, 0.2) is 0 Å². The van der Waals surface area contributed by atoms with E-state index in [0.717, 1.165) is 0 Å². The van der Waals surface area contributed by atoms with Crippen molar-refractivity contribution in [1.29, 1.82) is 0 Å². The van der Waals surface area contributed by atoms with Crippen LogP contribution in [0, 0.1) is 5.92 Å². The van der Waals surface area contributed by atoms with Gasteiger partial charge in [-0.1, -0.05) is 0 Å².